The van der Waals surface area contributed by atoms with Gasteiger partial charge in [-0.3, -0.25) is 0 Å². The SMILES string of the molecule is CCC(O)CNS(=O)(=O)N(C)C(C)C. The van der Waals surface area contributed by atoms with Crippen LogP contribution in [0.2, 0.25) is 0 Å². The Morgan fingerprint density at radius 1 is 1.43 bits per heavy atom. The highest BCUT2D eigenvalue weighted by atomic mass is 32.2. The van der Waals surface area contributed by atoms with E-state index < -0.39 is 16.3 Å². The zero-order valence-corrected chi connectivity index (χ0v) is 10.0. The Kier molecular flexibility index (Phi) is 5.58. The summed E-state index contributed by atoms with van der Waals surface area (Å²) in [4.78, 5) is 0. The molecule has 0 bridgehead atoms. The van der Waals surface area contributed by atoms with Crippen molar-refractivity contribution in [3.8, 4) is 0 Å². The molecule has 0 aliphatic carbocycles. The Hall–Kier alpha value is -0.170. The maximum Gasteiger partial charge on any atom is 0.279 e. The van der Waals surface area contributed by atoms with Gasteiger partial charge < -0.3 is 5.11 Å². The van der Waals surface area contributed by atoms with Gasteiger partial charge in [-0.25, -0.2) is 0 Å². The van der Waals surface area contributed by atoms with E-state index in [4.69, 9.17) is 0 Å². The molecule has 0 heterocycles. The summed E-state index contributed by atoms with van der Waals surface area (Å²) in [6.07, 6.45) is -0.0844. The highest BCUT2D eigenvalue weighted by Crippen LogP contribution is 2.00. The molecule has 0 radical (unpaired) electrons. The zero-order valence-electron chi connectivity index (χ0n) is 9.19. The van der Waals surface area contributed by atoms with Crippen LogP contribution in [0.4, 0.5) is 0 Å². The molecule has 0 fully saturated rings. The van der Waals surface area contributed by atoms with E-state index in [1.807, 2.05) is 0 Å². The molecule has 0 aromatic carbocycles. The average molecular weight is 224 g/mol. The number of rotatable bonds is 6. The van der Waals surface area contributed by atoms with Crippen molar-refractivity contribution in [2.45, 2.75) is 39.3 Å². The van der Waals surface area contributed by atoms with Crippen molar-refractivity contribution in [3.63, 3.8) is 0 Å². The van der Waals surface area contributed by atoms with Crippen LogP contribution in [0.3, 0.4) is 0 Å². The summed E-state index contributed by atoms with van der Waals surface area (Å²) in [7, 11) is -1.94. The Balaban J connectivity index is 4.22. The van der Waals surface area contributed by atoms with E-state index in [9.17, 15) is 13.5 Å². The van der Waals surface area contributed by atoms with Gasteiger partial charge in [-0.2, -0.15) is 17.4 Å². The third-order valence-electron chi connectivity index (χ3n) is 2.08. The van der Waals surface area contributed by atoms with Crippen molar-refractivity contribution in [1.29, 1.82) is 0 Å². The molecular weight excluding hydrogens is 204 g/mol. The van der Waals surface area contributed by atoms with Crippen LogP contribution in [0.15, 0.2) is 0 Å². The van der Waals surface area contributed by atoms with E-state index in [0.717, 1.165) is 0 Å². The van der Waals surface area contributed by atoms with Crippen LogP contribution >= 0.6 is 0 Å². The summed E-state index contributed by atoms with van der Waals surface area (Å²) in [5.74, 6) is 0. The lowest BCUT2D eigenvalue weighted by molar-refractivity contribution is 0.173. The minimum atomic E-state index is -3.44. The minimum Gasteiger partial charge on any atom is -0.392 e. The molecule has 0 amide bonds. The van der Waals surface area contributed by atoms with Crippen LogP contribution in [0.5, 0.6) is 0 Å². The molecule has 0 aliphatic heterocycles. The third-order valence-corrected chi connectivity index (χ3v) is 3.79. The van der Waals surface area contributed by atoms with E-state index in [0.29, 0.717) is 6.42 Å². The number of hydrogen-bond donors (Lipinski definition) is 2. The molecule has 6 heteroatoms. The van der Waals surface area contributed by atoms with Gasteiger partial charge in [0.15, 0.2) is 0 Å². The summed E-state index contributed by atoms with van der Waals surface area (Å²) in [6, 6.07) is -0.0914. The summed E-state index contributed by atoms with van der Waals surface area (Å²) < 4.78 is 26.6. The van der Waals surface area contributed by atoms with Crippen molar-refractivity contribution in [2.24, 2.45) is 0 Å². The highest BCUT2D eigenvalue weighted by molar-refractivity contribution is 7.87. The molecule has 0 aliphatic rings. The van der Waals surface area contributed by atoms with Crippen molar-refractivity contribution in [1.82, 2.24) is 9.03 Å². The largest absolute Gasteiger partial charge is 0.392 e. The van der Waals surface area contributed by atoms with Crippen LogP contribution in [-0.4, -0.2) is 43.6 Å². The summed E-state index contributed by atoms with van der Waals surface area (Å²) in [5.41, 5.74) is 0. The number of hydrogen-bond acceptors (Lipinski definition) is 3. The van der Waals surface area contributed by atoms with Crippen LogP contribution in [0, 0.1) is 0 Å². The monoisotopic (exact) mass is 224 g/mol. The first-order valence-electron chi connectivity index (χ1n) is 4.72. The number of aliphatic hydroxyl groups excluding tert-OH is 1. The van der Waals surface area contributed by atoms with Crippen LogP contribution in [0.25, 0.3) is 0 Å². The van der Waals surface area contributed by atoms with Crippen molar-refractivity contribution < 1.29 is 13.5 Å². The first-order valence-corrected chi connectivity index (χ1v) is 6.16. The highest BCUT2D eigenvalue weighted by Gasteiger charge is 2.20. The normalized spacial score (nSPS) is 15.1. The molecule has 2 N–H and O–H groups in total. The maximum atomic E-state index is 11.5. The van der Waals surface area contributed by atoms with Crippen molar-refractivity contribution >= 4 is 10.2 Å². The lowest BCUT2D eigenvalue weighted by Gasteiger charge is -2.21. The molecule has 0 rings (SSSR count). The van der Waals surface area contributed by atoms with Crippen LogP contribution < -0.4 is 4.72 Å². The second-order valence-electron chi connectivity index (χ2n) is 3.53. The van der Waals surface area contributed by atoms with E-state index in [2.05, 4.69) is 4.72 Å². The number of nitrogens with one attached hydrogen (secondary N) is 1. The van der Waals surface area contributed by atoms with Gasteiger partial charge in [0.25, 0.3) is 10.2 Å². The fraction of sp³-hybridized carbons (Fsp3) is 1.00. The predicted molar refractivity (Wildman–Crippen MR) is 56.1 cm³/mol. The zero-order chi connectivity index (χ0) is 11.4. The van der Waals surface area contributed by atoms with Crippen LogP contribution in [0.1, 0.15) is 27.2 Å². The minimum absolute atomic E-state index is 0.0654. The predicted octanol–water partition coefficient (Wildman–Crippen LogP) is -0.0681. The molecule has 1 atom stereocenters. The third kappa shape index (κ3) is 4.36. The van der Waals surface area contributed by atoms with Gasteiger partial charge in [-0.15, -0.1) is 0 Å². The summed E-state index contributed by atoms with van der Waals surface area (Å²) in [6.45, 7) is 5.44. The fourth-order valence-electron chi connectivity index (χ4n) is 0.725. The number of aliphatic hydroxyl groups is 1. The molecular formula is C8H20N2O3S. The van der Waals surface area contributed by atoms with Crippen LogP contribution in [-0.2, 0) is 10.2 Å². The van der Waals surface area contributed by atoms with Gasteiger partial charge in [0, 0.05) is 19.6 Å². The molecule has 0 saturated carbocycles. The van der Waals surface area contributed by atoms with Gasteiger partial charge in [0.05, 0.1) is 6.10 Å². The molecule has 0 aromatic heterocycles. The van der Waals surface area contributed by atoms with Crippen molar-refractivity contribution in [3.05, 3.63) is 0 Å². The quantitative estimate of drug-likeness (QED) is 0.663. The Bertz CT molecular complexity index is 251. The second-order valence-corrected chi connectivity index (χ2v) is 5.34. The second kappa shape index (κ2) is 5.65. The molecule has 0 aromatic rings. The van der Waals surface area contributed by atoms with Gasteiger partial charge in [-0.1, -0.05) is 6.92 Å². The van der Waals surface area contributed by atoms with E-state index in [1.54, 1.807) is 20.8 Å². The summed E-state index contributed by atoms with van der Waals surface area (Å²) >= 11 is 0. The van der Waals surface area contributed by atoms with Gasteiger partial charge in [0.1, 0.15) is 0 Å². The standard InChI is InChI=1S/C8H20N2O3S/c1-5-8(11)6-9-14(12,13)10(4)7(2)3/h7-9,11H,5-6H2,1-4H3. The van der Waals surface area contributed by atoms with E-state index >= 15 is 0 Å². The Morgan fingerprint density at radius 2 is 1.93 bits per heavy atom. The first-order chi connectivity index (χ1) is 6.31. The lowest BCUT2D eigenvalue weighted by Crippen LogP contribution is -2.44. The fourth-order valence-corrected chi connectivity index (χ4v) is 1.89. The first kappa shape index (κ1) is 13.8. The van der Waals surface area contributed by atoms with E-state index in [1.165, 1.54) is 11.4 Å². The Labute approximate surface area is 86.3 Å². The number of nitrogens with zero attached hydrogens (tertiary/aromatic N) is 1. The van der Waals surface area contributed by atoms with Gasteiger partial charge in [0.2, 0.25) is 0 Å². The molecule has 1 unspecified atom stereocenters. The molecule has 0 saturated heterocycles. The van der Waals surface area contributed by atoms with Gasteiger partial charge >= 0.3 is 0 Å². The molecule has 0 spiro atoms. The van der Waals surface area contributed by atoms with E-state index in [-0.39, 0.29) is 12.6 Å². The molecule has 86 valence electrons. The topological polar surface area (TPSA) is 69.6 Å². The molecule has 5 nitrogen and oxygen atoms in total. The lowest BCUT2D eigenvalue weighted by atomic mass is 10.3. The summed E-state index contributed by atoms with van der Waals surface area (Å²) in [5, 5.41) is 9.20. The average Bonchev–Trinajstić information content (AvgIpc) is 2.12. The molecule has 14 heavy (non-hydrogen) atoms. The van der Waals surface area contributed by atoms with Gasteiger partial charge in [-0.05, 0) is 20.3 Å². The maximum absolute atomic E-state index is 11.5. The Morgan fingerprint density at radius 3 is 2.29 bits per heavy atom. The van der Waals surface area contributed by atoms with Crippen molar-refractivity contribution in [2.75, 3.05) is 13.6 Å². The smallest absolute Gasteiger partial charge is 0.279 e.